The van der Waals surface area contributed by atoms with Gasteiger partial charge in [0.15, 0.2) is 0 Å². The molecule has 0 saturated carbocycles. The summed E-state index contributed by atoms with van der Waals surface area (Å²) < 4.78 is 6.57. The molecule has 1 aliphatic heterocycles. The Morgan fingerprint density at radius 2 is 2.15 bits per heavy atom. The standard InChI is InChI=1S/C25H34N4O3S2/c1-31-20-4-6-23-22(15-20)21(7-9-26-23)24(28-32-2)5-3-18-8-11-29(16-19(18)17-30)12-14-34-25-27-10-13-33-25/h4,6-7,9-10,13,15,18-19,24,28,30H,3,5,8,11-12,14,16-17H2,1-2H3/t18-,19-,24+/m1/s1. The molecule has 1 aliphatic rings. The molecule has 1 aromatic carbocycles. The third kappa shape index (κ3) is 6.47. The van der Waals surface area contributed by atoms with Gasteiger partial charge in [-0.1, -0.05) is 11.8 Å². The van der Waals surface area contributed by atoms with Gasteiger partial charge in [0.25, 0.3) is 0 Å². The van der Waals surface area contributed by atoms with Crippen LogP contribution >= 0.6 is 23.1 Å². The first-order valence-corrected chi connectivity index (χ1v) is 13.6. The van der Waals surface area contributed by atoms with Gasteiger partial charge in [-0.05, 0) is 67.5 Å². The fourth-order valence-electron chi connectivity index (χ4n) is 4.87. The molecule has 3 aromatic rings. The Morgan fingerprint density at radius 1 is 1.24 bits per heavy atom. The van der Waals surface area contributed by atoms with Crippen molar-refractivity contribution in [1.29, 1.82) is 0 Å². The number of thioether (sulfide) groups is 1. The van der Waals surface area contributed by atoms with E-state index in [1.165, 1.54) is 0 Å². The molecule has 184 valence electrons. The van der Waals surface area contributed by atoms with Crippen molar-refractivity contribution in [3.8, 4) is 5.75 Å². The Balaban J connectivity index is 1.36. The second-order valence-corrected chi connectivity index (χ2v) is 10.9. The molecule has 7 nitrogen and oxygen atoms in total. The van der Waals surface area contributed by atoms with Crippen molar-refractivity contribution < 1.29 is 14.7 Å². The normalized spacial score (nSPS) is 20.0. The van der Waals surface area contributed by atoms with E-state index in [0.717, 1.165) is 71.2 Å². The fourth-order valence-corrected chi connectivity index (χ4v) is 6.58. The quantitative estimate of drug-likeness (QED) is 0.279. The van der Waals surface area contributed by atoms with E-state index >= 15 is 0 Å². The van der Waals surface area contributed by atoms with E-state index in [4.69, 9.17) is 9.57 Å². The van der Waals surface area contributed by atoms with Crippen molar-refractivity contribution in [3.63, 3.8) is 0 Å². The summed E-state index contributed by atoms with van der Waals surface area (Å²) in [5, 5.41) is 13.2. The smallest absolute Gasteiger partial charge is 0.149 e. The number of ether oxygens (including phenoxy) is 1. The van der Waals surface area contributed by atoms with Crippen molar-refractivity contribution in [2.75, 3.05) is 46.2 Å². The predicted octanol–water partition coefficient (Wildman–Crippen LogP) is 4.39. The number of likely N-dealkylation sites (tertiary alicyclic amines) is 1. The van der Waals surface area contributed by atoms with Gasteiger partial charge in [0.1, 0.15) is 10.1 Å². The second-order valence-electron chi connectivity index (χ2n) is 8.67. The Bertz CT molecular complexity index is 1020. The van der Waals surface area contributed by atoms with Gasteiger partial charge in [-0.15, -0.1) is 11.3 Å². The van der Waals surface area contributed by atoms with Crippen LogP contribution < -0.4 is 10.2 Å². The fraction of sp³-hybridized carbons (Fsp3) is 0.520. The molecule has 0 bridgehead atoms. The van der Waals surface area contributed by atoms with Gasteiger partial charge >= 0.3 is 0 Å². The van der Waals surface area contributed by atoms with Crippen molar-refractivity contribution in [2.24, 2.45) is 11.8 Å². The number of fused-ring (bicyclic) bond motifs is 1. The number of methoxy groups -OCH3 is 1. The lowest BCUT2D eigenvalue weighted by atomic mass is 9.81. The van der Waals surface area contributed by atoms with Crippen molar-refractivity contribution in [2.45, 2.75) is 29.6 Å². The largest absolute Gasteiger partial charge is 0.497 e. The van der Waals surface area contributed by atoms with Gasteiger partial charge in [0.2, 0.25) is 0 Å². The lowest BCUT2D eigenvalue weighted by molar-refractivity contribution is 0.0434. The maximum atomic E-state index is 10.1. The molecule has 0 unspecified atom stereocenters. The highest BCUT2D eigenvalue weighted by molar-refractivity contribution is 8.01. The molecule has 2 aromatic heterocycles. The van der Waals surface area contributed by atoms with E-state index in [0.29, 0.717) is 11.8 Å². The summed E-state index contributed by atoms with van der Waals surface area (Å²) in [4.78, 5) is 16.7. The molecule has 0 aliphatic carbocycles. The Kier molecular flexibility index (Phi) is 9.55. The first-order valence-electron chi connectivity index (χ1n) is 11.8. The number of hydrogen-bond acceptors (Lipinski definition) is 9. The number of hydrogen-bond donors (Lipinski definition) is 2. The molecule has 9 heteroatoms. The number of thiazole rings is 1. The van der Waals surface area contributed by atoms with Crippen LogP contribution in [0.3, 0.4) is 0 Å². The summed E-state index contributed by atoms with van der Waals surface area (Å²) in [7, 11) is 3.34. The maximum absolute atomic E-state index is 10.1. The van der Waals surface area contributed by atoms with Crippen LogP contribution in [0.25, 0.3) is 10.9 Å². The molecule has 3 heterocycles. The van der Waals surface area contributed by atoms with Crippen LogP contribution in [0.5, 0.6) is 5.75 Å². The van der Waals surface area contributed by atoms with E-state index in [2.05, 4.69) is 26.4 Å². The summed E-state index contributed by atoms with van der Waals surface area (Å²) in [6, 6.07) is 8.07. The van der Waals surface area contributed by atoms with Gasteiger partial charge in [0.05, 0.1) is 25.8 Å². The van der Waals surface area contributed by atoms with E-state index in [-0.39, 0.29) is 12.6 Å². The number of aliphatic hydroxyl groups excluding tert-OH is 1. The monoisotopic (exact) mass is 502 g/mol. The molecule has 3 atom stereocenters. The van der Waals surface area contributed by atoms with Crippen molar-refractivity contribution in [1.82, 2.24) is 20.3 Å². The van der Waals surface area contributed by atoms with E-state index < -0.39 is 0 Å². The van der Waals surface area contributed by atoms with E-state index in [9.17, 15) is 5.11 Å². The average molecular weight is 503 g/mol. The van der Waals surface area contributed by atoms with Gasteiger partial charge < -0.3 is 19.6 Å². The highest BCUT2D eigenvalue weighted by Gasteiger charge is 2.29. The Morgan fingerprint density at radius 3 is 2.91 bits per heavy atom. The lowest BCUT2D eigenvalue weighted by Gasteiger charge is -2.38. The highest BCUT2D eigenvalue weighted by atomic mass is 32.2. The number of aliphatic hydroxyl groups is 1. The van der Waals surface area contributed by atoms with E-state index in [1.54, 1.807) is 25.6 Å². The number of rotatable bonds is 12. The number of piperidine rings is 1. The maximum Gasteiger partial charge on any atom is 0.149 e. The van der Waals surface area contributed by atoms with Crippen LogP contribution in [-0.2, 0) is 4.84 Å². The minimum absolute atomic E-state index is 0.0367. The van der Waals surface area contributed by atoms with Crippen molar-refractivity contribution >= 4 is 34.0 Å². The van der Waals surface area contributed by atoms with E-state index in [1.807, 2.05) is 47.7 Å². The second kappa shape index (κ2) is 12.8. The zero-order valence-corrected chi connectivity index (χ0v) is 21.5. The average Bonchev–Trinajstić information content (AvgIpc) is 3.40. The highest BCUT2D eigenvalue weighted by Crippen LogP contribution is 2.34. The van der Waals surface area contributed by atoms with Crippen LogP contribution in [0.15, 0.2) is 46.4 Å². The number of nitrogens with one attached hydrogen (secondary N) is 1. The molecule has 1 saturated heterocycles. The first kappa shape index (κ1) is 25.3. The SMILES string of the molecule is CON[C@@H](CC[C@@H]1CCN(CCSc2nccs2)C[C@@H]1CO)c1ccnc2ccc(OC)cc12. The van der Waals surface area contributed by atoms with Crippen molar-refractivity contribution in [3.05, 3.63) is 47.6 Å². The predicted molar refractivity (Wildman–Crippen MR) is 138 cm³/mol. The minimum Gasteiger partial charge on any atom is -0.497 e. The molecule has 0 amide bonds. The number of pyridine rings is 1. The first-order chi connectivity index (χ1) is 16.7. The van der Waals surface area contributed by atoms with Crippen LogP contribution in [0.1, 0.15) is 30.9 Å². The molecule has 2 N–H and O–H groups in total. The molecule has 0 radical (unpaired) electrons. The molecule has 34 heavy (non-hydrogen) atoms. The number of hydroxylamine groups is 1. The van der Waals surface area contributed by atoms with Crippen LogP contribution in [-0.4, -0.2) is 66.2 Å². The Labute approximate surface area is 209 Å². The lowest BCUT2D eigenvalue weighted by Crippen LogP contribution is -2.43. The molecular formula is C25H34N4O3S2. The van der Waals surface area contributed by atoms with Crippen LogP contribution in [0.2, 0.25) is 0 Å². The molecular weight excluding hydrogens is 468 g/mol. The molecule has 4 rings (SSSR count). The van der Waals surface area contributed by atoms with Gasteiger partial charge in [0, 0.05) is 48.6 Å². The van der Waals surface area contributed by atoms with Crippen LogP contribution in [0.4, 0.5) is 0 Å². The summed E-state index contributed by atoms with van der Waals surface area (Å²) in [5.41, 5.74) is 5.30. The molecule has 0 spiro atoms. The molecule has 1 fully saturated rings. The number of benzene rings is 1. The zero-order chi connectivity index (χ0) is 23.8. The topological polar surface area (TPSA) is 79.7 Å². The minimum atomic E-state index is 0.0367. The third-order valence-electron chi connectivity index (χ3n) is 6.70. The summed E-state index contributed by atoms with van der Waals surface area (Å²) in [6.45, 7) is 3.30. The van der Waals surface area contributed by atoms with Gasteiger partial charge in [-0.2, -0.15) is 5.48 Å². The van der Waals surface area contributed by atoms with Crippen LogP contribution in [0, 0.1) is 11.8 Å². The summed E-state index contributed by atoms with van der Waals surface area (Å²) >= 11 is 3.51. The summed E-state index contributed by atoms with van der Waals surface area (Å²) in [6.07, 6.45) is 6.77. The van der Waals surface area contributed by atoms with Gasteiger partial charge in [-0.3, -0.25) is 4.98 Å². The van der Waals surface area contributed by atoms with Gasteiger partial charge in [-0.25, -0.2) is 4.98 Å². The third-order valence-corrected chi connectivity index (χ3v) is 8.64. The number of nitrogens with zero attached hydrogens (tertiary/aromatic N) is 3. The Hall–Kier alpha value is -1.75. The number of aromatic nitrogens is 2. The summed E-state index contributed by atoms with van der Waals surface area (Å²) in [5.74, 6) is 2.65. The zero-order valence-electron chi connectivity index (χ0n) is 19.9.